The lowest BCUT2D eigenvalue weighted by Gasteiger charge is -2.35. The van der Waals surface area contributed by atoms with Crippen molar-refractivity contribution in [1.82, 2.24) is 0 Å². The van der Waals surface area contributed by atoms with Gasteiger partial charge in [0, 0.05) is 18.3 Å². The number of fused-ring (bicyclic) bond motifs is 1. The van der Waals surface area contributed by atoms with E-state index >= 15 is 0 Å². The first-order valence-corrected chi connectivity index (χ1v) is 7.90. The van der Waals surface area contributed by atoms with Gasteiger partial charge in [-0.2, -0.15) is 0 Å². The van der Waals surface area contributed by atoms with Gasteiger partial charge in [0.1, 0.15) is 0 Å². The fraction of sp³-hybridized carbons (Fsp3) is 0.556. The SMILES string of the molecule is CC(=O)c1ccc2c(c1)[C@](C)(C1CCCCC1)C(=O)N2C. The molecule has 1 amide bonds. The average molecular weight is 285 g/mol. The second-order valence-corrected chi connectivity index (χ2v) is 6.69. The van der Waals surface area contributed by atoms with Crippen molar-refractivity contribution in [3.05, 3.63) is 29.3 Å². The first-order chi connectivity index (χ1) is 9.96. The number of ketones is 1. The van der Waals surface area contributed by atoms with Crippen molar-refractivity contribution >= 4 is 17.4 Å². The molecule has 1 fully saturated rings. The van der Waals surface area contributed by atoms with Gasteiger partial charge in [0.2, 0.25) is 5.91 Å². The summed E-state index contributed by atoms with van der Waals surface area (Å²) in [4.78, 5) is 26.4. The topological polar surface area (TPSA) is 37.4 Å². The Labute approximate surface area is 126 Å². The van der Waals surface area contributed by atoms with E-state index in [1.807, 2.05) is 25.2 Å². The molecule has 3 rings (SSSR count). The van der Waals surface area contributed by atoms with Crippen molar-refractivity contribution < 1.29 is 9.59 Å². The van der Waals surface area contributed by atoms with E-state index in [-0.39, 0.29) is 11.7 Å². The molecule has 0 aromatic heterocycles. The molecule has 1 aromatic carbocycles. The van der Waals surface area contributed by atoms with Gasteiger partial charge in [-0.15, -0.1) is 0 Å². The van der Waals surface area contributed by atoms with E-state index in [1.54, 1.807) is 11.8 Å². The second kappa shape index (κ2) is 4.97. The maximum absolute atomic E-state index is 12.9. The number of rotatable bonds is 2. The van der Waals surface area contributed by atoms with E-state index in [4.69, 9.17) is 0 Å². The molecular weight excluding hydrogens is 262 g/mol. The molecule has 21 heavy (non-hydrogen) atoms. The quantitative estimate of drug-likeness (QED) is 0.777. The Hall–Kier alpha value is -1.64. The van der Waals surface area contributed by atoms with Gasteiger partial charge in [0.15, 0.2) is 5.78 Å². The normalized spacial score (nSPS) is 26.0. The van der Waals surface area contributed by atoms with Gasteiger partial charge in [-0.1, -0.05) is 19.3 Å². The van der Waals surface area contributed by atoms with Crippen LogP contribution in [0.4, 0.5) is 5.69 Å². The third-order valence-electron chi connectivity index (χ3n) is 5.49. The minimum atomic E-state index is -0.462. The number of carbonyl (C=O) groups is 2. The Morgan fingerprint density at radius 2 is 1.90 bits per heavy atom. The smallest absolute Gasteiger partial charge is 0.237 e. The molecule has 0 N–H and O–H groups in total. The summed E-state index contributed by atoms with van der Waals surface area (Å²) in [5.74, 6) is 0.639. The van der Waals surface area contributed by atoms with Gasteiger partial charge in [-0.25, -0.2) is 0 Å². The molecule has 0 radical (unpaired) electrons. The lowest BCUT2D eigenvalue weighted by Crippen LogP contribution is -2.43. The van der Waals surface area contributed by atoms with Gasteiger partial charge < -0.3 is 4.90 Å². The number of nitrogens with zero attached hydrogens (tertiary/aromatic N) is 1. The predicted octanol–water partition coefficient (Wildman–Crippen LogP) is 3.70. The molecule has 1 heterocycles. The summed E-state index contributed by atoms with van der Waals surface area (Å²) in [6.07, 6.45) is 5.91. The monoisotopic (exact) mass is 285 g/mol. The molecule has 1 saturated carbocycles. The van der Waals surface area contributed by atoms with Crippen molar-refractivity contribution in [3.8, 4) is 0 Å². The largest absolute Gasteiger partial charge is 0.314 e. The van der Waals surface area contributed by atoms with Crippen LogP contribution in [0, 0.1) is 5.92 Å². The molecule has 1 aliphatic carbocycles. The number of hydrogen-bond donors (Lipinski definition) is 0. The van der Waals surface area contributed by atoms with Crippen LogP contribution in [-0.2, 0) is 10.2 Å². The van der Waals surface area contributed by atoms with Crippen molar-refractivity contribution in [1.29, 1.82) is 0 Å². The number of amides is 1. The lowest BCUT2D eigenvalue weighted by atomic mass is 9.66. The highest BCUT2D eigenvalue weighted by molar-refractivity contribution is 6.08. The third kappa shape index (κ3) is 2.02. The second-order valence-electron chi connectivity index (χ2n) is 6.69. The van der Waals surface area contributed by atoms with E-state index in [0.717, 1.165) is 24.1 Å². The molecule has 0 spiro atoms. The Balaban J connectivity index is 2.12. The summed E-state index contributed by atoms with van der Waals surface area (Å²) >= 11 is 0. The molecule has 3 nitrogen and oxygen atoms in total. The van der Waals surface area contributed by atoms with Crippen molar-refractivity contribution in [2.24, 2.45) is 5.92 Å². The first-order valence-electron chi connectivity index (χ1n) is 7.90. The molecule has 0 bridgehead atoms. The zero-order chi connectivity index (χ0) is 15.2. The Morgan fingerprint density at radius 3 is 2.52 bits per heavy atom. The molecule has 1 aromatic rings. The van der Waals surface area contributed by atoms with Gasteiger partial charge in [-0.05, 0) is 56.4 Å². The van der Waals surface area contributed by atoms with Crippen LogP contribution in [0.5, 0.6) is 0 Å². The number of anilines is 1. The maximum atomic E-state index is 12.9. The van der Waals surface area contributed by atoms with Crippen LogP contribution in [0.3, 0.4) is 0 Å². The molecule has 112 valence electrons. The predicted molar refractivity (Wildman–Crippen MR) is 83.8 cm³/mol. The van der Waals surface area contributed by atoms with E-state index in [0.29, 0.717) is 11.5 Å². The number of likely N-dealkylation sites (N-methyl/N-ethyl adjacent to an activating group) is 1. The fourth-order valence-corrected chi connectivity index (χ4v) is 4.11. The van der Waals surface area contributed by atoms with E-state index in [1.165, 1.54) is 19.3 Å². The minimum absolute atomic E-state index is 0.0609. The fourth-order valence-electron chi connectivity index (χ4n) is 4.11. The third-order valence-corrected chi connectivity index (χ3v) is 5.49. The summed E-state index contributed by atoms with van der Waals surface area (Å²) in [7, 11) is 1.85. The van der Waals surface area contributed by atoms with Crippen LogP contribution in [-0.4, -0.2) is 18.7 Å². The summed E-state index contributed by atoms with van der Waals surface area (Å²) in [5.41, 5.74) is 2.27. The van der Waals surface area contributed by atoms with Crippen molar-refractivity contribution in [3.63, 3.8) is 0 Å². The maximum Gasteiger partial charge on any atom is 0.237 e. The van der Waals surface area contributed by atoms with Gasteiger partial charge >= 0.3 is 0 Å². The molecule has 0 saturated heterocycles. The Bertz CT molecular complexity index is 601. The number of carbonyl (C=O) groups excluding carboxylic acids is 2. The van der Waals surface area contributed by atoms with Crippen LogP contribution < -0.4 is 4.90 Å². The number of benzene rings is 1. The highest BCUT2D eigenvalue weighted by Gasteiger charge is 2.51. The Morgan fingerprint density at radius 1 is 1.24 bits per heavy atom. The van der Waals surface area contributed by atoms with Crippen LogP contribution in [0.15, 0.2) is 18.2 Å². The summed E-state index contributed by atoms with van der Waals surface area (Å²) in [6.45, 7) is 3.66. The number of hydrogen-bond acceptors (Lipinski definition) is 2. The van der Waals surface area contributed by atoms with E-state index in [9.17, 15) is 9.59 Å². The van der Waals surface area contributed by atoms with E-state index < -0.39 is 5.41 Å². The average Bonchev–Trinajstić information content (AvgIpc) is 2.70. The van der Waals surface area contributed by atoms with Crippen LogP contribution in [0.1, 0.15) is 61.9 Å². The number of Topliss-reactive ketones (excluding diaryl/α,β-unsaturated/α-hetero) is 1. The van der Waals surface area contributed by atoms with Crippen molar-refractivity contribution in [2.75, 3.05) is 11.9 Å². The van der Waals surface area contributed by atoms with Crippen LogP contribution in [0.2, 0.25) is 0 Å². The zero-order valence-electron chi connectivity index (χ0n) is 13.1. The molecule has 1 atom stereocenters. The van der Waals surface area contributed by atoms with Gasteiger partial charge in [0.25, 0.3) is 0 Å². The highest BCUT2D eigenvalue weighted by atomic mass is 16.2. The minimum Gasteiger partial charge on any atom is -0.314 e. The molecule has 2 aliphatic rings. The summed E-state index contributed by atoms with van der Waals surface area (Å²) in [6, 6.07) is 5.71. The molecule has 1 aliphatic heterocycles. The van der Waals surface area contributed by atoms with Gasteiger partial charge in [0.05, 0.1) is 5.41 Å². The van der Waals surface area contributed by atoms with Gasteiger partial charge in [-0.3, -0.25) is 9.59 Å². The molecule has 3 heteroatoms. The van der Waals surface area contributed by atoms with Crippen molar-refractivity contribution in [2.45, 2.75) is 51.4 Å². The standard InChI is InChI=1S/C18H23NO2/c1-12(20)13-9-10-16-15(11-13)18(2,17(21)19(16)3)14-7-5-4-6-8-14/h9-11,14H,4-8H2,1-3H3/t18-/m0/s1. The zero-order valence-corrected chi connectivity index (χ0v) is 13.1. The highest BCUT2D eigenvalue weighted by Crippen LogP contribution is 2.50. The first kappa shape index (κ1) is 14.3. The van der Waals surface area contributed by atoms with E-state index in [2.05, 4.69) is 6.92 Å². The molecule has 0 unspecified atom stereocenters. The van der Waals surface area contributed by atoms with Crippen LogP contribution >= 0.6 is 0 Å². The molecular formula is C18H23NO2. The van der Waals surface area contributed by atoms with Crippen LogP contribution in [0.25, 0.3) is 0 Å². The summed E-state index contributed by atoms with van der Waals surface area (Å²) in [5, 5.41) is 0. The lowest BCUT2D eigenvalue weighted by molar-refractivity contribution is -0.124. The summed E-state index contributed by atoms with van der Waals surface area (Å²) < 4.78 is 0. The Kier molecular flexibility index (Phi) is 3.39.